The van der Waals surface area contributed by atoms with Crippen LogP contribution in [0, 0.1) is 5.82 Å². The minimum atomic E-state index is -2.88. The van der Waals surface area contributed by atoms with Gasteiger partial charge in [0.15, 0.2) is 0 Å². The van der Waals surface area contributed by atoms with Gasteiger partial charge in [-0.2, -0.15) is 8.78 Å². The molecule has 0 heterocycles. The molecule has 0 aliphatic heterocycles. The van der Waals surface area contributed by atoms with E-state index in [2.05, 4.69) is 4.74 Å². The maximum absolute atomic E-state index is 12.8. The Labute approximate surface area is 80.5 Å². The Bertz CT molecular complexity index is 310. The van der Waals surface area contributed by atoms with E-state index >= 15 is 0 Å². The molecule has 0 atom stereocenters. The molecular formula is C10H11F3O. The first kappa shape index (κ1) is 10.9. The molecule has 0 bridgehead atoms. The average molecular weight is 204 g/mol. The van der Waals surface area contributed by atoms with E-state index in [0.717, 1.165) is 6.07 Å². The summed E-state index contributed by atoms with van der Waals surface area (Å²) in [5, 5.41) is 0. The van der Waals surface area contributed by atoms with Gasteiger partial charge < -0.3 is 4.74 Å². The van der Waals surface area contributed by atoms with Gasteiger partial charge in [-0.3, -0.25) is 0 Å². The van der Waals surface area contributed by atoms with Crippen LogP contribution < -0.4 is 4.74 Å². The van der Waals surface area contributed by atoms with Crippen LogP contribution in [0.25, 0.3) is 0 Å². The molecule has 0 aliphatic rings. The van der Waals surface area contributed by atoms with E-state index in [9.17, 15) is 13.2 Å². The van der Waals surface area contributed by atoms with Crippen molar-refractivity contribution in [2.45, 2.75) is 26.4 Å². The van der Waals surface area contributed by atoms with Gasteiger partial charge in [-0.25, -0.2) is 4.39 Å². The van der Waals surface area contributed by atoms with Crippen LogP contribution in [-0.2, 0) is 0 Å². The molecule has 0 aliphatic carbocycles. The second-order valence-corrected chi connectivity index (χ2v) is 3.22. The molecule has 1 nitrogen and oxygen atoms in total. The summed E-state index contributed by atoms with van der Waals surface area (Å²) in [7, 11) is 0. The van der Waals surface area contributed by atoms with Gasteiger partial charge in [0.05, 0.1) is 0 Å². The van der Waals surface area contributed by atoms with Crippen LogP contribution in [0.5, 0.6) is 5.75 Å². The zero-order chi connectivity index (χ0) is 10.7. The zero-order valence-electron chi connectivity index (χ0n) is 7.93. The fourth-order valence-electron chi connectivity index (χ4n) is 1.17. The number of ether oxygens (including phenoxy) is 1. The highest BCUT2D eigenvalue weighted by molar-refractivity contribution is 5.36. The van der Waals surface area contributed by atoms with Crippen molar-refractivity contribution >= 4 is 0 Å². The lowest BCUT2D eigenvalue weighted by atomic mass is 10.0. The zero-order valence-corrected chi connectivity index (χ0v) is 7.93. The lowest BCUT2D eigenvalue weighted by molar-refractivity contribution is -0.0506. The predicted octanol–water partition coefficient (Wildman–Crippen LogP) is 3.55. The van der Waals surface area contributed by atoms with Crippen molar-refractivity contribution in [2.24, 2.45) is 0 Å². The first-order valence-electron chi connectivity index (χ1n) is 4.25. The quantitative estimate of drug-likeness (QED) is 0.731. The number of halogens is 3. The molecule has 0 radical (unpaired) electrons. The largest absolute Gasteiger partial charge is 0.435 e. The third kappa shape index (κ3) is 2.65. The van der Waals surface area contributed by atoms with Gasteiger partial charge >= 0.3 is 6.61 Å². The molecule has 14 heavy (non-hydrogen) atoms. The van der Waals surface area contributed by atoms with Gasteiger partial charge in [-0.05, 0) is 29.7 Å². The predicted molar refractivity (Wildman–Crippen MR) is 47.1 cm³/mol. The second-order valence-electron chi connectivity index (χ2n) is 3.22. The highest BCUT2D eigenvalue weighted by atomic mass is 19.3. The van der Waals surface area contributed by atoms with E-state index in [-0.39, 0.29) is 11.7 Å². The Balaban J connectivity index is 3.02. The van der Waals surface area contributed by atoms with E-state index in [4.69, 9.17) is 0 Å². The van der Waals surface area contributed by atoms with E-state index < -0.39 is 12.4 Å². The Hall–Kier alpha value is -1.19. The van der Waals surface area contributed by atoms with Crippen molar-refractivity contribution < 1.29 is 17.9 Å². The number of alkyl halides is 2. The van der Waals surface area contributed by atoms with Crippen molar-refractivity contribution in [1.29, 1.82) is 0 Å². The number of rotatable bonds is 3. The van der Waals surface area contributed by atoms with Gasteiger partial charge in [0.1, 0.15) is 11.6 Å². The van der Waals surface area contributed by atoms with Gasteiger partial charge in [0.25, 0.3) is 0 Å². The first-order chi connectivity index (χ1) is 6.50. The van der Waals surface area contributed by atoms with Crippen LogP contribution in [0.4, 0.5) is 13.2 Å². The van der Waals surface area contributed by atoms with E-state index in [1.165, 1.54) is 12.1 Å². The third-order valence-corrected chi connectivity index (χ3v) is 1.81. The molecule has 0 unspecified atom stereocenters. The van der Waals surface area contributed by atoms with Crippen molar-refractivity contribution in [3.05, 3.63) is 29.6 Å². The topological polar surface area (TPSA) is 9.23 Å². The van der Waals surface area contributed by atoms with Crippen LogP contribution in [0.3, 0.4) is 0 Å². The highest BCUT2D eigenvalue weighted by Crippen LogP contribution is 2.28. The van der Waals surface area contributed by atoms with Gasteiger partial charge in [-0.1, -0.05) is 13.8 Å². The summed E-state index contributed by atoms with van der Waals surface area (Å²) in [6.07, 6.45) is 0. The van der Waals surface area contributed by atoms with Crippen LogP contribution in [0.2, 0.25) is 0 Å². The molecule has 1 aromatic carbocycles. The Morgan fingerprint density at radius 2 is 1.86 bits per heavy atom. The van der Waals surface area contributed by atoms with Gasteiger partial charge in [0, 0.05) is 0 Å². The fraction of sp³-hybridized carbons (Fsp3) is 0.400. The van der Waals surface area contributed by atoms with Crippen molar-refractivity contribution in [1.82, 2.24) is 0 Å². The molecule has 0 aromatic heterocycles. The number of hydrogen-bond acceptors (Lipinski definition) is 1. The number of hydrogen-bond donors (Lipinski definition) is 0. The Morgan fingerprint density at radius 1 is 1.21 bits per heavy atom. The second kappa shape index (κ2) is 4.35. The summed E-state index contributed by atoms with van der Waals surface area (Å²) in [5.74, 6) is -0.467. The lowest BCUT2D eigenvalue weighted by Gasteiger charge is -2.12. The van der Waals surface area contributed by atoms with Crippen LogP contribution in [-0.4, -0.2) is 6.61 Å². The average Bonchev–Trinajstić information content (AvgIpc) is 2.07. The monoisotopic (exact) mass is 204 g/mol. The standard InChI is InChI=1S/C10H11F3O/c1-6(2)8-5-7(11)3-4-9(8)14-10(12)13/h3-6,10H,1-2H3. The molecule has 0 fully saturated rings. The molecule has 0 N–H and O–H groups in total. The molecule has 1 aromatic rings. The maximum Gasteiger partial charge on any atom is 0.387 e. The van der Waals surface area contributed by atoms with E-state index in [1.807, 2.05) is 0 Å². The molecule has 78 valence electrons. The SMILES string of the molecule is CC(C)c1cc(F)ccc1OC(F)F. The number of benzene rings is 1. The summed E-state index contributed by atoms with van der Waals surface area (Å²) in [6.45, 7) is 0.693. The van der Waals surface area contributed by atoms with E-state index in [0.29, 0.717) is 5.56 Å². The normalized spacial score (nSPS) is 11.1. The molecule has 0 saturated heterocycles. The van der Waals surface area contributed by atoms with Gasteiger partial charge in [-0.15, -0.1) is 0 Å². The fourth-order valence-corrected chi connectivity index (χ4v) is 1.17. The minimum Gasteiger partial charge on any atom is -0.435 e. The van der Waals surface area contributed by atoms with Crippen molar-refractivity contribution in [2.75, 3.05) is 0 Å². The summed E-state index contributed by atoms with van der Waals surface area (Å²) >= 11 is 0. The Morgan fingerprint density at radius 3 is 2.36 bits per heavy atom. The van der Waals surface area contributed by atoms with Crippen molar-refractivity contribution in [3.63, 3.8) is 0 Å². The molecule has 0 spiro atoms. The maximum atomic E-state index is 12.8. The summed E-state index contributed by atoms with van der Waals surface area (Å²) in [5.41, 5.74) is 0.449. The van der Waals surface area contributed by atoms with Gasteiger partial charge in [0.2, 0.25) is 0 Å². The molecule has 1 rings (SSSR count). The summed E-state index contributed by atoms with van der Waals surface area (Å²) < 4.78 is 41.0. The third-order valence-electron chi connectivity index (χ3n) is 1.81. The van der Waals surface area contributed by atoms with E-state index in [1.54, 1.807) is 13.8 Å². The first-order valence-corrected chi connectivity index (χ1v) is 4.25. The molecule has 4 heteroatoms. The molecular weight excluding hydrogens is 193 g/mol. The minimum absolute atomic E-state index is 0.0383. The molecule has 0 amide bonds. The summed E-state index contributed by atoms with van der Waals surface area (Å²) in [6, 6.07) is 3.53. The molecule has 0 saturated carbocycles. The summed E-state index contributed by atoms with van der Waals surface area (Å²) in [4.78, 5) is 0. The van der Waals surface area contributed by atoms with Crippen LogP contribution in [0.1, 0.15) is 25.3 Å². The Kier molecular flexibility index (Phi) is 3.38. The van der Waals surface area contributed by atoms with Crippen molar-refractivity contribution in [3.8, 4) is 5.75 Å². The lowest BCUT2D eigenvalue weighted by Crippen LogP contribution is -2.05. The smallest absolute Gasteiger partial charge is 0.387 e. The highest BCUT2D eigenvalue weighted by Gasteiger charge is 2.12. The van der Waals surface area contributed by atoms with Crippen LogP contribution >= 0.6 is 0 Å². The van der Waals surface area contributed by atoms with Crippen LogP contribution in [0.15, 0.2) is 18.2 Å².